The summed E-state index contributed by atoms with van der Waals surface area (Å²) in [4.78, 5) is 144. The van der Waals surface area contributed by atoms with Crippen LogP contribution in [0.15, 0.2) is 162 Å². The molecule has 4 aliphatic rings. The van der Waals surface area contributed by atoms with Crippen LogP contribution in [0.5, 0.6) is 0 Å². The predicted molar refractivity (Wildman–Crippen MR) is 563 cm³/mol. The number of piperazine rings is 3. The van der Waals surface area contributed by atoms with Crippen molar-refractivity contribution in [2.45, 2.75) is 250 Å². The molecule has 14 heterocycles. The van der Waals surface area contributed by atoms with Crippen molar-refractivity contribution in [3.05, 3.63) is 249 Å². The molecular weight excluding hydrogens is 1810 g/mol. The van der Waals surface area contributed by atoms with E-state index in [0.717, 1.165) is 110 Å². The van der Waals surface area contributed by atoms with Crippen LogP contribution in [-0.4, -0.2) is 202 Å². The minimum atomic E-state index is -0.436. The van der Waals surface area contributed by atoms with Gasteiger partial charge in [0.2, 0.25) is 17.7 Å². The van der Waals surface area contributed by atoms with Crippen molar-refractivity contribution >= 4 is 114 Å². The van der Waals surface area contributed by atoms with Crippen molar-refractivity contribution < 1.29 is 14.4 Å². The van der Waals surface area contributed by atoms with Gasteiger partial charge in [-0.05, 0) is 227 Å². The SMILES string of the molecule is C=CC(=O)N1CC(C)N(c2nc(=O)n(-c3c(C)ccnc3C(C)C)c3nc(-c4cc(C)sc4C)c(Cl)cc23)CC1C.C=CC(=O)N1CC(C)N(c2nc(=O)n(-c3c(CN(CC)C(C)C)ccnc3C(C)C)c3nc(-c4ccccc4C(C)C)c(Cl)cc23)CC1C.C=CC(=O)N1CC(C)N(c2nc(=O)n(-c3c(CN4CCCC4)ccnc3C(C)C)c3nc(-c4ccccc4C(C)C)c(Cl)cc23)CC1C. The first-order valence-electron chi connectivity index (χ1n) is 48.3. The third kappa shape index (κ3) is 20.5. The number of aromatic nitrogens is 12. The molecule has 726 valence electrons. The number of carbonyl (C=O) groups is 3. The third-order valence-electron chi connectivity index (χ3n) is 27.2. The maximum Gasteiger partial charge on any atom is 0.355 e. The van der Waals surface area contributed by atoms with Crippen molar-refractivity contribution in [2.75, 3.05) is 73.6 Å². The Morgan fingerprint density at radius 1 is 0.442 bits per heavy atom. The van der Waals surface area contributed by atoms with Gasteiger partial charge in [-0.2, -0.15) is 15.0 Å². The highest BCUT2D eigenvalue weighted by Gasteiger charge is 2.40. The van der Waals surface area contributed by atoms with E-state index in [9.17, 15) is 28.8 Å². The lowest BCUT2D eigenvalue weighted by Gasteiger charge is -2.44. The summed E-state index contributed by atoms with van der Waals surface area (Å²) in [5, 5.41) is 3.46. The molecular formula is C108H131Cl3N20O6S. The second-order valence-corrected chi connectivity index (χ2v) is 41.7. The summed E-state index contributed by atoms with van der Waals surface area (Å²) in [6.45, 7) is 63.9. The minimum absolute atomic E-state index is 0.0236. The standard InChI is InChI=1S/C39H50ClN7O2.C38H46ClN7O2.C31H35ClN6O2S/c1-11-33(48)45-20-27(10)46(21-26(45)9)37-31-19-32(40)35(30-16-14-13-15-29(30)23(3)4)42-38(31)47(39(49)43-37)36-28(22-44(12-2)25(7)8)17-18-41-34(36)24(5)6;1-8-32(47)44-20-26(7)45(21-25(44)6)36-30-19-31(39)34(29-14-10-9-13-28(29)23(2)3)41-37(30)46(38(48)42-36)35-27(22-43-17-11-12-18-43)15-16-40-33(35)24(4)5;1-9-25(39)36-14-19(6)37(15-18(36)5)29-23-13-24(32)27(22-12-20(7)41-21(22)8)34-30(23)38(31(40)35-29)28-17(4)10-11-33-26(28)16(2)3/h11,13-19,23-27H,1,12,20-22H2,2-10H3;8-10,13-16,19,23-26H,1,11-12,17-18,20-22H2,2-7H3;9-13,16,18-19H,1,14-15H2,2-8H3. The molecule has 0 saturated carbocycles. The summed E-state index contributed by atoms with van der Waals surface area (Å²) in [6.07, 6.45) is 11.8. The van der Waals surface area contributed by atoms with Gasteiger partial charge in [-0.3, -0.25) is 39.1 Å². The number of benzene rings is 2. The molecule has 4 saturated heterocycles. The number of aryl methyl sites for hydroxylation is 3. The average Bonchev–Trinajstić information content (AvgIpc) is 1.55. The maximum atomic E-state index is 14.7. The van der Waals surface area contributed by atoms with Crippen molar-refractivity contribution in [1.29, 1.82) is 0 Å². The zero-order valence-corrected chi connectivity index (χ0v) is 86.9. The fourth-order valence-electron chi connectivity index (χ4n) is 20.0. The lowest BCUT2D eigenvalue weighted by molar-refractivity contribution is -0.129. The summed E-state index contributed by atoms with van der Waals surface area (Å²) in [6, 6.07) is 29.6. The second kappa shape index (κ2) is 42.9. The van der Waals surface area contributed by atoms with Crippen molar-refractivity contribution in [3.63, 3.8) is 0 Å². The highest BCUT2D eigenvalue weighted by atomic mass is 35.5. The number of anilines is 3. The van der Waals surface area contributed by atoms with Gasteiger partial charge in [0, 0.05) is 140 Å². The third-order valence-corrected chi connectivity index (χ3v) is 29.0. The summed E-state index contributed by atoms with van der Waals surface area (Å²) in [5.74, 6) is 1.81. The Bertz CT molecular complexity index is 6860. The molecule has 6 unspecified atom stereocenters. The van der Waals surface area contributed by atoms with Gasteiger partial charge in [0.15, 0.2) is 16.9 Å². The molecule has 2 aromatic carbocycles. The first-order valence-corrected chi connectivity index (χ1v) is 50.3. The van der Waals surface area contributed by atoms with Crippen LogP contribution in [0.25, 0.3) is 83.9 Å². The lowest BCUT2D eigenvalue weighted by atomic mass is 9.95. The fourth-order valence-corrected chi connectivity index (χ4v) is 21.7. The topological polar surface area (TPSA) is 259 Å². The van der Waals surface area contributed by atoms with Gasteiger partial charge in [0.1, 0.15) is 17.5 Å². The van der Waals surface area contributed by atoms with Crippen molar-refractivity contribution in [2.24, 2.45) is 0 Å². The van der Waals surface area contributed by atoms with Crippen molar-refractivity contribution in [3.8, 4) is 50.8 Å². The highest BCUT2D eigenvalue weighted by Crippen LogP contribution is 2.45. The number of rotatable bonds is 23. The normalized spacial score (nSPS) is 17.7. The Labute approximate surface area is 829 Å². The molecule has 16 rings (SSSR count). The van der Waals surface area contributed by atoms with Crippen LogP contribution in [0.1, 0.15) is 229 Å². The van der Waals surface area contributed by atoms with Crippen LogP contribution < -0.4 is 31.8 Å². The number of fused-ring (bicyclic) bond motifs is 3. The molecule has 6 atom stereocenters. The van der Waals surface area contributed by atoms with E-state index in [-0.39, 0.29) is 83.6 Å². The monoisotopic (exact) mass is 1940 g/mol. The molecule has 4 aliphatic heterocycles. The van der Waals surface area contributed by atoms with Gasteiger partial charge in [-0.1, -0.05) is 179 Å². The number of halogens is 3. The molecule has 3 amide bonds. The Balaban J connectivity index is 0.000000166. The van der Waals surface area contributed by atoms with Gasteiger partial charge in [0.05, 0.1) is 82.5 Å². The Kier molecular flexibility index (Phi) is 31.8. The fraction of sp³-hybridized carbons (Fsp3) is 0.435. The molecule has 26 nitrogen and oxygen atoms in total. The van der Waals surface area contributed by atoms with E-state index in [2.05, 4.69) is 176 Å². The van der Waals surface area contributed by atoms with Crippen LogP contribution >= 0.6 is 46.1 Å². The molecule has 0 bridgehead atoms. The zero-order chi connectivity index (χ0) is 99.8. The Morgan fingerprint density at radius 3 is 1.14 bits per heavy atom. The summed E-state index contributed by atoms with van der Waals surface area (Å²) in [5.41, 5.74) is 14.5. The van der Waals surface area contributed by atoms with E-state index in [1.165, 1.54) is 18.2 Å². The number of pyridine rings is 6. The van der Waals surface area contributed by atoms with E-state index < -0.39 is 17.1 Å². The number of amides is 3. The second-order valence-electron chi connectivity index (χ2n) is 39.1. The van der Waals surface area contributed by atoms with Crippen LogP contribution in [-0.2, 0) is 27.5 Å². The molecule has 0 aliphatic carbocycles. The van der Waals surface area contributed by atoms with Gasteiger partial charge in [-0.15, -0.1) is 11.3 Å². The van der Waals surface area contributed by atoms with Crippen LogP contribution in [0.4, 0.5) is 17.5 Å². The van der Waals surface area contributed by atoms with Crippen LogP contribution in [0, 0.1) is 20.8 Å². The Morgan fingerprint density at radius 2 is 0.790 bits per heavy atom. The van der Waals surface area contributed by atoms with Gasteiger partial charge in [0.25, 0.3) is 0 Å². The molecule has 30 heteroatoms. The smallest absolute Gasteiger partial charge is 0.349 e. The number of nitrogens with zero attached hydrogens (tertiary/aromatic N) is 20. The Hall–Kier alpha value is -11.7. The van der Waals surface area contributed by atoms with Crippen LogP contribution in [0.3, 0.4) is 0 Å². The number of hydrogen-bond donors (Lipinski definition) is 0. The summed E-state index contributed by atoms with van der Waals surface area (Å²) < 4.78 is 4.93. The van der Waals surface area contributed by atoms with E-state index >= 15 is 0 Å². The molecule has 0 N–H and O–H groups in total. The largest absolute Gasteiger partial charge is 0.355 e. The van der Waals surface area contributed by atoms with Crippen molar-refractivity contribution in [1.82, 2.24) is 83.1 Å². The molecule has 0 radical (unpaired) electrons. The summed E-state index contributed by atoms with van der Waals surface area (Å²) >= 11 is 23.0. The van der Waals surface area contributed by atoms with Gasteiger partial charge >= 0.3 is 17.1 Å². The maximum absolute atomic E-state index is 14.7. The van der Waals surface area contributed by atoms with E-state index in [1.807, 2.05) is 143 Å². The first kappa shape index (κ1) is 102. The van der Waals surface area contributed by atoms with E-state index in [0.29, 0.717) is 152 Å². The number of likely N-dealkylation sites (tertiary alicyclic amines) is 1. The molecule has 12 aromatic rings. The van der Waals surface area contributed by atoms with Crippen LogP contribution in [0.2, 0.25) is 15.1 Å². The lowest BCUT2D eigenvalue weighted by Crippen LogP contribution is -2.58. The quantitative estimate of drug-likeness (QED) is 0.0539. The molecule has 10 aromatic heterocycles. The summed E-state index contributed by atoms with van der Waals surface area (Å²) in [7, 11) is 0. The van der Waals surface area contributed by atoms with Gasteiger partial charge in [-0.25, -0.2) is 43.0 Å². The number of hydrogen-bond acceptors (Lipinski definition) is 21. The molecule has 0 spiro atoms. The zero-order valence-electron chi connectivity index (χ0n) is 83.8. The van der Waals surface area contributed by atoms with Gasteiger partial charge < -0.3 is 29.4 Å². The predicted octanol–water partition coefficient (Wildman–Crippen LogP) is 20.8. The first-order chi connectivity index (χ1) is 65.7. The average molecular weight is 1940 g/mol. The van der Waals surface area contributed by atoms with E-state index in [4.69, 9.17) is 69.7 Å². The number of thiophene rings is 1. The molecule has 138 heavy (non-hydrogen) atoms. The number of carbonyl (C=O) groups excluding carboxylic acids is 3. The highest BCUT2D eigenvalue weighted by molar-refractivity contribution is 7.12. The molecule has 4 fully saturated rings. The minimum Gasteiger partial charge on any atom is -0.349 e. The van der Waals surface area contributed by atoms with E-state index in [1.54, 1.807) is 36.1 Å².